The molecule has 0 bridgehead atoms. The van der Waals surface area contributed by atoms with E-state index in [0.717, 1.165) is 12.1 Å². The molecule has 0 radical (unpaired) electrons. The molecule has 2 heteroatoms. The Balaban J connectivity index is 2.77. The van der Waals surface area contributed by atoms with E-state index in [4.69, 9.17) is 5.73 Å². The highest BCUT2D eigenvalue weighted by molar-refractivity contribution is 5.44. The minimum atomic E-state index is 0.516. The zero-order valence-corrected chi connectivity index (χ0v) is 8.59. The van der Waals surface area contributed by atoms with Crippen LogP contribution in [0.3, 0.4) is 0 Å². The second kappa shape index (κ2) is 4.28. The maximum atomic E-state index is 5.68. The predicted octanol–water partition coefficient (Wildman–Crippen LogP) is 1.73. The summed E-state index contributed by atoms with van der Waals surface area (Å²) in [7, 11) is 1.98. The van der Waals surface area contributed by atoms with Gasteiger partial charge < -0.3 is 11.1 Å². The third-order valence-corrected chi connectivity index (χ3v) is 2.39. The van der Waals surface area contributed by atoms with Gasteiger partial charge in [-0.2, -0.15) is 0 Å². The molecule has 0 aliphatic carbocycles. The largest absolute Gasteiger partial charge is 0.399 e. The van der Waals surface area contributed by atoms with Crippen LogP contribution in [-0.4, -0.2) is 13.1 Å². The molecule has 1 unspecified atom stereocenters. The first kappa shape index (κ1) is 10.1. The van der Waals surface area contributed by atoms with Crippen molar-refractivity contribution in [1.82, 2.24) is 5.32 Å². The van der Waals surface area contributed by atoms with Crippen molar-refractivity contribution in [1.29, 1.82) is 0 Å². The lowest BCUT2D eigenvalue weighted by Crippen LogP contribution is -2.23. The first-order valence-corrected chi connectivity index (χ1v) is 4.65. The van der Waals surface area contributed by atoms with E-state index in [1.165, 1.54) is 11.1 Å². The number of nitrogens with two attached hydrogens (primary N) is 1. The molecule has 72 valence electrons. The van der Waals surface area contributed by atoms with E-state index in [2.05, 4.69) is 25.2 Å². The highest BCUT2D eigenvalue weighted by Gasteiger charge is 2.03. The molecule has 1 atom stereocenters. The minimum Gasteiger partial charge on any atom is -0.399 e. The summed E-state index contributed by atoms with van der Waals surface area (Å²) in [5, 5.41) is 3.22. The zero-order chi connectivity index (χ0) is 9.84. The number of nitrogens with one attached hydrogen (secondary N) is 1. The Labute approximate surface area is 80.1 Å². The van der Waals surface area contributed by atoms with Crippen molar-refractivity contribution < 1.29 is 0 Å². The fourth-order valence-corrected chi connectivity index (χ4v) is 1.38. The minimum absolute atomic E-state index is 0.516. The zero-order valence-electron chi connectivity index (χ0n) is 8.59. The quantitative estimate of drug-likeness (QED) is 0.692. The summed E-state index contributed by atoms with van der Waals surface area (Å²) in [5.41, 5.74) is 9.17. The van der Waals surface area contributed by atoms with Crippen LogP contribution in [0.15, 0.2) is 18.2 Å². The van der Waals surface area contributed by atoms with Gasteiger partial charge in [-0.05, 0) is 50.6 Å². The number of hydrogen-bond acceptors (Lipinski definition) is 2. The van der Waals surface area contributed by atoms with Crippen molar-refractivity contribution in [3.05, 3.63) is 29.3 Å². The van der Waals surface area contributed by atoms with Gasteiger partial charge in [-0.15, -0.1) is 0 Å². The van der Waals surface area contributed by atoms with Crippen LogP contribution in [-0.2, 0) is 6.42 Å². The Morgan fingerprint density at radius 3 is 2.69 bits per heavy atom. The van der Waals surface area contributed by atoms with E-state index in [1.807, 2.05) is 19.2 Å². The van der Waals surface area contributed by atoms with Crippen molar-refractivity contribution >= 4 is 5.69 Å². The highest BCUT2D eigenvalue weighted by Crippen LogP contribution is 2.13. The molecule has 2 nitrogen and oxygen atoms in total. The summed E-state index contributed by atoms with van der Waals surface area (Å²) < 4.78 is 0. The lowest BCUT2D eigenvalue weighted by atomic mass is 10.0. The normalized spacial score (nSPS) is 12.8. The molecular weight excluding hydrogens is 160 g/mol. The average Bonchev–Trinajstić information content (AvgIpc) is 2.09. The summed E-state index contributed by atoms with van der Waals surface area (Å²) in [6, 6.07) is 6.61. The fourth-order valence-electron chi connectivity index (χ4n) is 1.38. The average molecular weight is 178 g/mol. The van der Waals surface area contributed by atoms with E-state index in [9.17, 15) is 0 Å². The monoisotopic (exact) mass is 178 g/mol. The molecule has 0 spiro atoms. The Bertz CT molecular complexity index is 281. The fraction of sp³-hybridized carbons (Fsp3) is 0.455. The van der Waals surface area contributed by atoms with Gasteiger partial charge in [-0.1, -0.05) is 6.07 Å². The van der Waals surface area contributed by atoms with E-state index in [1.54, 1.807) is 0 Å². The third kappa shape index (κ3) is 2.74. The van der Waals surface area contributed by atoms with Gasteiger partial charge in [0.1, 0.15) is 0 Å². The van der Waals surface area contributed by atoms with E-state index in [-0.39, 0.29) is 0 Å². The number of nitrogen functional groups attached to an aromatic ring is 1. The number of rotatable bonds is 3. The van der Waals surface area contributed by atoms with Gasteiger partial charge in [0.15, 0.2) is 0 Å². The van der Waals surface area contributed by atoms with Crippen LogP contribution < -0.4 is 11.1 Å². The molecule has 0 amide bonds. The summed E-state index contributed by atoms with van der Waals surface area (Å²) in [6.07, 6.45) is 1.06. The van der Waals surface area contributed by atoms with E-state index < -0.39 is 0 Å². The SMILES string of the molecule is CNC(C)Cc1ccc(N)cc1C. The number of anilines is 1. The van der Waals surface area contributed by atoms with Crippen LogP contribution in [0.1, 0.15) is 18.1 Å². The molecule has 3 N–H and O–H groups in total. The van der Waals surface area contributed by atoms with Gasteiger partial charge >= 0.3 is 0 Å². The molecule has 0 saturated carbocycles. The van der Waals surface area contributed by atoms with Gasteiger partial charge in [0.05, 0.1) is 0 Å². The summed E-state index contributed by atoms with van der Waals surface area (Å²) in [4.78, 5) is 0. The van der Waals surface area contributed by atoms with Crippen LogP contribution in [0, 0.1) is 6.92 Å². The summed E-state index contributed by atoms with van der Waals surface area (Å²) >= 11 is 0. The standard InChI is InChI=1S/C11H18N2/c1-8-6-11(12)5-4-10(8)7-9(2)13-3/h4-6,9,13H,7,12H2,1-3H3. The molecule has 0 saturated heterocycles. The molecular formula is C11H18N2. The molecule has 1 aromatic carbocycles. The van der Waals surface area contributed by atoms with Crippen LogP contribution in [0.5, 0.6) is 0 Å². The van der Waals surface area contributed by atoms with E-state index in [0.29, 0.717) is 6.04 Å². The molecule has 1 rings (SSSR count). The summed E-state index contributed by atoms with van der Waals surface area (Å²) in [5.74, 6) is 0. The van der Waals surface area contributed by atoms with E-state index >= 15 is 0 Å². The van der Waals surface area contributed by atoms with Gasteiger partial charge in [0.25, 0.3) is 0 Å². The van der Waals surface area contributed by atoms with Crippen LogP contribution in [0.4, 0.5) is 5.69 Å². The number of hydrogen-bond donors (Lipinski definition) is 2. The van der Waals surface area contributed by atoms with Crippen molar-refractivity contribution in [3.63, 3.8) is 0 Å². The van der Waals surface area contributed by atoms with Crippen molar-refractivity contribution in [2.75, 3.05) is 12.8 Å². The molecule has 0 aromatic heterocycles. The Morgan fingerprint density at radius 1 is 1.46 bits per heavy atom. The second-order valence-electron chi connectivity index (χ2n) is 3.58. The number of benzene rings is 1. The molecule has 1 aromatic rings. The lowest BCUT2D eigenvalue weighted by molar-refractivity contribution is 0.607. The van der Waals surface area contributed by atoms with Gasteiger partial charge in [-0.3, -0.25) is 0 Å². The van der Waals surface area contributed by atoms with Gasteiger partial charge in [-0.25, -0.2) is 0 Å². The van der Waals surface area contributed by atoms with Crippen molar-refractivity contribution in [2.24, 2.45) is 0 Å². The van der Waals surface area contributed by atoms with Crippen molar-refractivity contribution in [2.45, 2.75) is 26.3 Å². The third-order valence-electron chi connectivity index (χ3n) is 2.39. The Hall–Kier alpha value is -1.02. The van der Waals surface area contributed by atoms with Gasteiger partial charge in [0, 0.05) is 11.7 Å². The topological polar surface area (TPSA) is 38.0 Å². The first-order valence-electron chi connectivity index (χ1n) is 4.65. The molecule has 0 aliphatic heterocycles. The first-order chi connectivity index (χ1) is 6.13. The molecule has 0 fully saturated rings. The summed E-state index contributed by atoms with van der Waals surface area (Å²) in [6.45, 7) is 4.28. The molecule has 0 aliphatic rings. The lowest BCUT2D eigenvalue weighted by Gasteiger charge is -2.12. The highest BCUT2D eigenvalue weighted by atomic mass is 14.8. The van der Waals surface area contributed by atoms with Gasteiger partial charge in [0.2, 0.25) is 0 Å². The molecule has 0 heterocycles. The van der Waals surface area contributed by atoms with Crippen LogP contribution in [0.2, 0.25) is 0 Å². The van der Waals surface area contributed by atoms with Crippen LogP contribution >= 0.6 is 0 Å². The number of aryl methyl sites for hydroxylation is 1. The Kier molecular flexibility index (Phi) is 3.32. The smallest absolute Gasteiger partial charge is 0.0316 e. The predicted molar refractivity (Wildman–Crippen MR) is 57.8 cm³/mol. The molecule has 13 heavy (non-hydrogen) atoms. The number of likely N-dealkylation sites (N-methyl/N-ethyl adjacent to an activating group) is 1. The van der Waals surface area contributed by atoms with Crippen molar-refractivity contribution in [3.8, 4) is 0 Å². The maximum absolute atomic E-state index is 5.68. The maximum Gasteiger partial charge on any atom is 0.0316 e. The van der Waals surface area contributed by atoms with Crippen LogP contribution in [0.25, 0.3) is 0 Å². The Morgan fingerprint density at radius 2 is 2.15 bits per heavy atom. The second-order valence-corrected chi connectivity index (χ2v) is 3.58.